The number of anilines is 2. The third-order valence-corrected chi connectivity index (χ3v) is 6.65. The lowest BCUT2D eigenvalue weighted by Crippen LogP contribution is -2.42. The first-order chi connectivity index (χ1) is 17.4. The van der Waals surface area contributed by atoms with E-state index in [0.717, 1.165) is 36.0 Å². The van der Waals surface area contributed by atoms with E-state index in [1.54, 1.807) is 29.2 Å². The number of nitrogens with zero attached hydrogens (tertiary/aromatic N) is 5. The van der Waals surface area contributed by atoms with Crippen molar-refractivity contribution in [3.63, 3.8) is 0 Å². The molecule has 5 rings (SSSR count). The summed E-state index contributed by atoms with van der Waals surface area (Å²) in [4.78, 5) is 39.9. The zero-order valence-electron chi connectivity index (χ0n) is 20.7. The third-order valence-electron chi connectivity index (χ3n) is 6.65. The lowest BCUT2D eigenvalue weighted by molar-refractivity contribution is -0.118. The predicted molar refractivity (Wildman–Crippen MR) is 139 cm³/mol. The van der Waals surface area contributed by atoms with Crippen molar-refractivity contribution in [2.24, 2.45) is 7.05 Å². The highest BCUT2D eigenvalue weighted by molar-refractivity contribution is 6.06. The van der Waals surface area contributed by atoms with E-state index in [4.69, 9.17) is 0 Å². The van der Waals surface area contributed by atoms with Crippen molar-refractivity contribution in [1.29, 1.82) is 0 Å². The molecule has 0 aromatic carbocycles. The van der Waals surface area contributed by atoms with E-state index in [9.17, 15) is 9.59 Å². The Bertz CT molecular complexity index is 1420. The summed E-state index contributed by atoms with van der Waals surface area (Å²) in [6.07, 6.45) is 10.2. The molecule has 5 heterocycles. The summed E-state index contributed by atoms with van der Waals surface area (Å²) in [5, 5.41) is 10.8. The van der Waals surface area contributed by atoms with E-state index in [2.05, 4.69) is 42.5 Å². The third kappa shape index (κ3) is 5.13. The van der Waals surface area contributed by atoms with Crippen LogP contribution in [0.3, 0.4) is 0 Å². The predicted octanol–water partition coefficient (Wildman–Crippen LogP) is 3.73. The number of carbonyl (C=O) groups excluding carboxylic acids is 2. The Kier molecular flexibility index (Phi) is 6.51. The molecule has 36 heavy (non-hydrogen) atoms. The summed E-state index contributed by atoms with van der Waals surface area (Å²) in [6, 6.07) is 5.87. The molecule has 4 aromatic rings. The topological polar surface area (TPSA) is 121 Å². The minimum absolute atomic E-state index is 0.0799. The van der Waals surface area contributed by atoms with Crippen LogP contribution in [-0.2, 0) is 11.8 Å². The van der Waals surface area contributed by atoms with E-state index in [-0.39, 0.29) is 11.8 Å². The minimum Gasteiger partial charge on any atom is -0.339 e. The number of fused-ring (bicyclic) bond motifs is 1. The van der Waals surface area contributed by atoms with Crippen LogP contribution >= 0.6 is 0 Å². The fourth-order valence-corrected chi connectivity index (χ4v) is 4.55. The lowest BCUT2D eigenvalue weighted by atomic mass is 10.0. The van der Waals surface area contributed by atoms with Gasteiger partial charge in [-0.05, 0) is 51.4 Å². The molecule has 1 aliphatic rings. The van der Waals surface area contributed by atoms with Crippen LogP contribution in [0.1, 0.15) is 42.2 Å². The number of aromatic amines is 1. The number of carbonyl (C=O) groups is 2. The van der Waals surface area contributed by atoms with Gasteiger partial charge in [-0.1, -0.05) is 6.42 Å². The number of H-pyrrole nitrogens is 1. The van der Waals surface area contributed by atoms with Gasteiger partial charge in [0, 0.05) is 36.4 Å². The summed E-state index contributed by atoms with van der Waals surface area (Å²) < 4.78 is 1.73. The maximum Gasteiger partial charge on any atom is 0.257 e. The molecule has 1 aliphatic heterocycles. The van der Waals surface area contributed by atoms with Gasteiger partial charge in [-0.25, -0.2) is 4.98 Å². The van der Waals surface area contributed by atoms with Crippen molar-refractivity contribution in [3.8, 4) is 11.3 Å². The Hall–Kier alpha value is -4.05. The second-order valence-corrected chi connectivity index (χ2v) is 9.42. The monoisotopic (exact) mass is 486 g/mol. The number of hydrogen-bond acceptors (Lipinski definition) is 6. The molecule has 3 N–H and O–H groups in total. The van der Waals surface area contributed by atoms with Crippen LogP contribution in [-0.4, -0.2) is 60.6 Å². The molecular weight excluding hydrogens is 456 g/mol. The second-order valence-electron chi connectivity index (χ2n) is 9.42. The number of nitrogens with one attached hydrogen (secondary N) is 3. The molecule has 0 saturated carbocycles. The molecule has 0 bridgehead atoms. The Morgan fingerprint density at radius 1 is 1.11 bits per heavy atom. The fourth-order valence-electron chi connectivity index (χ4n) is 4.55. The standard InChI is InChI=1S/C26H30N8O2/c1-16-6-4-5-7-34(16)15-24(35)31-22-10-21(13-27-17(22)2)30-26(36)19-8-18-9-23(32-25(18)28-11-19)20-12-29-33(3)14-20/h8-14,16H,4-7,15H2,1-3H3,(H,28,32)(H,30,36)(H,31,35)/t16-/m0/s1. The van der Waals surface area contributed by atoms with Gasteiger partial charge in [0.05, 0.1) is 47.3 Å². The quantitative estimate of drug-likeness (QED) is 0.382. The summed E-state index contributed by atoms with van der Waals surface area (Å²) in [5.74, 6) is -0.387. The smallest absolute Gasteiger partial charge is 0.257 e. The average molecular weight is 487 g/mol. The Morgan fingerprint density at radius 3 is 2.75 bits per heavy atom. The number of aryl methyl sites for hydroxylation is 2. The van der Waals surface area contributed by atoms with Crippen molar-refractivity contribution in [3.05, 3.63) is 54.2 Å². The molecule has 4 aromatic heterocycles. The van der Waals surface area contributed by atoms with Gasteiger partial charge in [0.2, 0.25) is 5.91 Å². The van der Waals surface area contributed by atoms with Gasteiger partial charge in [-0.2, -0.15) is 5.10 Å². The van der Waals surface area contributed by atoms with E-state index in [1.807, 2.05) is 26.2 Å². The van der Waals surface area contributed by atoms with Gasteiger partial charge in [-0.3, -0.25) is 24.2 Å². The molecule has 186 valence electrons. The number of pyridine rings is 2. The number of aromatic nitrogens is 5. The van der Waals surface area contributed by atoms with E-state index < -0.39 is 0 Å². The maximum atomic E-state index is 13.0. The first-order valence-corrected chi connectivity index (χ1v) is 12.2. The zero-order valence-corrected chi connectivity index (χ0v) is 20.7. The molecule has 2 amide bonds. The lowest BCUT2D eigenvalue weighted by Gasteiger charge is -2.32. The average Bonchev–Trinajstić information content (AvgIpc) is 3.48. The molecule has 10 heteroatoms. The van der Waals surface area contributed by atoms with Crippen molar-refractivity contribution >= 4 is 34.2 Å². The number of likely N-dealkylation sites (tertiary alicyclic amines) is 1. The molecule has 10 nitrogen and oxygen atoms in total. The van der Waals surface area contributed by atoms with Crippen molar-refractivity contribution in [1.82, 2.24) is 29.6 Å². The second kappa shape index (κ2) is 9.90. The molecule has 0 unspecified atom stereocenters. The van der Waals surface area contributed by atoms with Crippen LogP contribution in [0.2, 0.25) is 0 Å². The number of hydrogen-bond donors (Lipinski definition) is 3. The molecule has 0 aliphatic carbocycles. The molecule has 0 radical (unpaired) electrons. The number of rotatable bonds is 6. The first-order valence-electron chi connectivity index (χ1n) is 12.2. The highest BCUT2D eigenvalue weighted by Gasteiger charge is 2.21. The summed E-state index contributed by atoms with van der Waals surface area (Å²) in [6.45, 7) is 5.27. The van der Waals surface area contributed by atoms with E-state index in [0.29, 0.717) is 40.9 Å². The highest BCUT2D eigenvalue weighted by Crippen LogP contribution is 2.24. The largest absolute Gasteiger partial charge is 0.339 e. The fraction of sp³-hybridized carbons (Fsp3) is 0.346. The Labute approximate surface area is 209 Å². The SMILES string of the molecule is Cc1ncc(NC(=O)c2cnc3[nH]c(-c4cnn(C)c4)cc3c2)cc1NC(=O)CN1CCCC[C@@H]1C. The van der Waals surface area contributed by atoms with Crippen LogP contribution in [0.5, 0.6) is 0 Å². The van der Waals surface area contributed by atoms with Crippen molar-refractivity contribution < 1.29 is 9.59 Å². The van der Waals surface area contributed by atoms with Gasteiger partial charge in [0.1, 0.15) is 5.65 Å². The highest BCUT2D eigenvalue weighted by atomic mass is 16.2. The van der Waals surface area contributed by atoms with Crippen LogP contribution in [0.15, 0.2) is 43.0 Å². The van der Waals surface area contributed by atoms with Crippen molar-refractivity contribution in [2.75, 3.05) is 23.7 Å². The summed E-state index contributed by atoms with van der Waals surface area (Å²) in [7, 11) is 1.86. The minimum atomic E-state index is -0.307. The molecule has 1 atom stereocenters. The van der Waals surface area contributed by atoms with E-state index in [1.165, 1.54) is 12.6 Å². The van der Waals surface area contributed by atoms with Gasteiger partial charge in [0.15, 0.2) is 0 Å². The van der Waals surface area contributed by atoms with Gasteiger partial charge in [0.25, 0.3) is 5.91 Å². The van der Waals surface area contributed by atoms with Crippen LogP contribution in [0, 0.1) is 6.92 Å². The summed E-state index contributed by atoms with van der Waals surface area (Å²) >= 11 is 0. The van der Waals surface area contributed by atoms with Crippen LogP contribution in [0.4, 0.5) is 11.4 Å². The van der Waals surface area contributed by atoms with E-state index >= 15 is 0 Å². The van der Waals surface area contributed by atoms with Gasteiger partial charge < -0.3 is 15.6 Å². The first kappa shape index (κ1) is 23.7. The molecular formula is C26H30N8O2. The Balaban J connectivity index is 1.27. The summed E-state index contributed by atoms with van der Waals surface area (Å²) in [5.41, 5.74) is 4.70. The molecule has 1 saturated heterocycles. The number of piperidine rings is 1. The van der Waals surface area contributed by atoms with Crippen LogP contribution in [0.25, 0.3) is 22.3 Å². The zero-order chi connectivity index (χ0) is 25.2. The maximum absolute atomic E-state index is 13.0. The van der Waals surface area contributed by atoms with Gasteiger partial charge >= 0.3 is 0 Å². The molecule has 0 spiro atoms. The van der Waals surface area contributed by atoms with Gasteiger partial charge in [-0.15, -0.1) is 0 Å². The normalized spacial score (nSPS) is 16.2. The Morgan fingerprint density at radius 2 is 1.97 bits per heavy atom. The van der Waals surface area contributed by atoms with Crippen molar-refractivity contribution in [2.45, 2.75) is 39.2 Å². The molecule has 1 fully saturated rings. The number of amides is 2. The van der Waals surface area contributed by atoms with Crippen LogP contribution < -0.4 is 10.6 Å².